The first-order valence-corrected chi connectivity index (χ1v) is 8.24. The Kier molecular flexibility index (Phi) is 4.87. The highest BCUT2D eigenvalue weighted by Crippen LogP contribution is 2.32. The number of anilines is 1. The van der Waals surface area contributed by atoms with Gasteiger partial charge in [0.1, 0.15) is 11.6 Å². The van der Waals surface area contributed by atoms with Gasteiger partial charge in [0.05, 0.1) is 18.2 Å². The molecule has 0 spiro atoms. The van der Waals surface area contributed by atoms with Crippen LogP contribution in [0.5, 0.6) is 5.75 Å². The molecule has 0 bridgehead atoms. The summed E-state index contributed by atoms with van der Waals surface area (Å²) in [5, 5.41) is 11.8. The van der Waals surface area contributed by atoms with E-state index in [2.05, 4.69) is 5.32 Å². The van der Waals surface area contributed by atoms with E-state index in [1.54, 1.807) is 0 Å². The molecule has 0 radical (unpaired) electrons. The number of rotatable bonds is 5. The molecule has 1 saturated heterocycles. The number of carbonyl (C=O) groups is 2. The number of aliphatic carboxylic acids is 1. The molecule has 7 heteroatoms. The van der Waals surface area contributed by atoms with Crippen molar-refractivity contribution in [2.45, 2.75) is 25.7 Å². The summed E-state index contributed by atoms with van der Waals surface area (Å²) in [6.07, 6.45) is 3.45. The molecule has 3 rings (SSSR count). The number of carboxylic acid groups (broad SMARTS) is 1. The van der Waals surface area contributed by atoms with Crippen LogP contribution < -0.4 is 10.1 Å². The lowest BCUT2D eigenvalue weighted by atomic mass is 9.99. The molecule has 1 aromatic carbocycles. The predicted molar refractivity (Wildman–Crippen MR) is 85.6 cm³/mol. The summed E-state index contributed by atoms with van der Waals surface area (Å²) in [4.78, 5) is 25.0. The van der Waals surface area contributed by atoms with Crippen molar-refractivity contribution in [1.29, 1.82) is 0 Å². The smallest absolute Gasteiger partial charge is 0.321 e. The number of carbonyl (C=O) groups excluding carboxylic acids is 1. The normalized spacial score (nSPS) is 20.5. The lowest BCUT2D eigenvalue weighted by Gasteiger charge is -2.30. The van der Waals surface area contributed by atoms with Crippen molar-refractivity contribution in [2.24, 2.45) is 11.8 Å². The fraction of sp³-hybridized carbons (Fsp3) is 0.529. The number of hydrogen-bond donors (Lipinski definition) is 2. The summed E-state index contributed by atoms with van der Waals surface area (Å²) in [6, 6.07) is 3.60. The minimum Gasteiger partial charge on any atom is -0.491 e. The highest BCUT2D eigenvalue weighted by atomic mass is 19.1. The number of carboxylic acids is 1. The van der Waals surface area contributed by atoms with Crippen molar-refractivity contribution >= 4 is 17.7 Å². The molecule has 130 valence electrons. The molecule has 2 N–H and O–H groups in total. The third-order valence-electron chi connectivity index (χ3n) is 4.41. The van der Waals surface area contributed by atoms with Gasteiger partial charge in [0.2, 0.25) is 0 Å². The van der Waals surface area contributed by atoms with E-state index in [1.807, 2.05) is 0 Å². The van der Waals surface area contributed by atoms with Crippen LogP contribution in [-0.4, -0.2) is 41.7 Å². The van der Waals surface area contributed by atoms with Gasteiger partial charge in [0.25, 0.3) is 0 Å². The van der Waals surface area contributed by atoms with E-state index in [1.165, 1.54) is 23.1 Å². The number of benzene rings is 1. The van der Waals surface area contributed by atoms with Crippen molar-refractivity contribution in [3.63, 3.8) is 0 Å². The summed E-state index contributed by atoms with van der Waals surface area (Å²) in [7, 11) is 0. The highest BCUT2D eigenvalue weighted by molar-refractivity contribution is 5.91. The monoisotopic (exact) mass is 336 g/mol. The zero-order valence-corrected chi connectivity index (χ0v) is 13.3. The molecule has 0 aromatic heterocycles. The number of nitrogens with zero attached hydrogens (tertiary/aromatic N) is 1. The van der Waals surface area contributed by atoms with Gasteiger partial charge in [-0.25, -0.2) is 9.18 Å². The summed E-state index contributed by atoms with van der Waals surface area (Å²) >= 11 is 0. The van der Waals surface area contributed by atoms with Crippen molar-refractivity contribution in [2.75, 3.05) is 25.0 Å². The zero-order chi connectivity index (χ0) is 17.1. The van der Waals surface area contributed by atoms with Gasteiger partial charge >= 0.3 is 12.0 Å². The second-order valence-corrected chi connectivity index (χ2v) is 6.45. The van der Waals surface area contributed by atoms with Gasteiger partial charge < -0.3 is 20.1 Å². The maximum absolute atomic E-state index is 13.5. The Bertz CT molecular complexity index is 633. The Morgan fingerprint density at radius 3 is 2.83 bits per heavy atom. The van der Waals surface area contributed by atoms with E-state index in [0.717, 1.165) is 12.8 Å². The van der Waals surface area contributed by atoms with Crippen LogP contribution in [-0.2, 0) is 4.79 Å². The van der Waals surface area contributed by atoms with Gasteiger partial charge in [-0.1, -0.05) is 0 Å². The fourth-order valence-corrected chi connectivity index (χ4v) is 2.77. The van der Waals surface area contributed by atoms with Crippen LogP contribution in [0.2, 0.25) is 0 Å². The quantitative estimate of drug-likeness (QED) is 0.866. The summed E-state index contributed by atoms with van der Waals surface area (Å²) in [6.45, 7) is 1.20. The zero-order valence-electron chi connectivity index (χ0n) is 13.3. The average Bonchev–Trinajstić information content (AvgIpc) is 3.39. The van der Waals surface area contributed by atoms with E-state index in [9.17, 15) is 14.0 Å². The molecule has 1 unspecified atom stereocenters. The Morgan fingerprint density at radius 2 is 2.12 bits per heavy atom. The van der Waals surface area contributed by atoms with E-state index in [4.69, 9.17) is 9.84 Å². The Hall–Kier alpha value is -2.31. The van der Waals surface area contributed by atoms with Crippen LogP contribution in [0.1, 0.15) is 25.7 Å². The molecule has 2 aliphatic rings. The third kappa shape index (κ3) is 4.15. The van der Waals surface area contributed by atoms with E-state index in [-0.39, 0.29) is 12.6 Å². The van der Waals surface area contributed by atoms with Gasteiger partial charge in [-0.2, -0.15) is 0 Å². The standard InChI is InChI=1S/C17H21FN2O4/c18-13-5-6-14(15(8-13)24-10-11-3-4-11)19-17(23)20-7-1-2-12(9-20)16(21)22/h5-6,8,11-12H,1-4,7,9-10H2,(H,19,23)(H,21,22). The summed E-state index contributed by atoms with van der Waals surface area (Å²) in [5.74, 6) is -1.04. The Balaban J connectivity index is 1.65. The third-order valence-corrected chi connectivity index (χ3v) is 4.41. The second kappa shape index (κ2) is 7.07. The maximum Gasteiger partial charge on any atom is 0.321 e. The van der Waals surface area contributed by atoms with Crippen LogP contribution in [0.15, 0.2) is 18.2 Å². The van der Waals surface area contributed by atoms with Crippen LogP contribution in [0, 0.1) is 17.7 Å². The van der Waals surface area contributed by atoms with Crippen LogP contribution in [0.3, 0.4) is 0 Å². The summed E-state index contributed by atoms with van der Waals surface area (Å²) < 4.78 is 19.1. The Morgan fingerprint density at radius 1 is 1.33 bits per heavy atom. The topological polar surface area (TPSA) is 78.9 Å². The summed E-state index contributed by atoms with van der Waals surface area (Å²) in [5.41, 5.74) is 0.402. The fourth-order valence-electron chi connectivity index (χ4n) is 2.77. The molecule has 1 atom stereocenters. The molecular weight excluding hydrogens is 315 g/mol. The number of ether oxygens (including phenoxy) is 1. The van der Waals surface area contributed by atoms with Gasteiger partial charge in [-0.15, -0.1) is 0 Å². The van der Waals surface area contributed by atoms with E-state index in [0.29, 0.717) is 43.3 Å². The lowest BCUT2D eigenvalue weighted by molar-refractivity contribution is -0.143. The van der Waals surface area contributed by atoms with E-state index < -0.39 is 17.7 Å². The number of piperidine rings is 1. The molecule has 1 aliphatic carbocycles. The number of nitrogens with one attached hydrogen (secondary N) is 1. The van der Waals surface area contributed by atoms with Gasteiger partial charge in [0.15, 0.2) is 0 Å². The van der Waals surface area contributed by atoms with Crippen molar-refractivity contribution in [3.05, 3.63) is 24.0 Å². The van der Waals surface area contributed by atoms with Crippen LogP contribution in [0.25, 0.3) is 0 Å². The predicted octanol–water partition coefficient (Wildman–Crippen LogP) is 2.94. The minimum absolute atomic E-state index is 0.181. The number of hydrogen-bond acceptors (Lipinski definition) is 3. The number of likely N-dealkylation sites (tertiary alicyclic amines) is 1. The first-order chi connectivity index (χ1) is 11.5. The molecule has 1 aliphatic heterocycles. The molecule has 24 heavy (non-hydrogen) atoms. The van der Waals surface area contributed by atoms with Crippen molar-refractivity contribution in [3.8, 4) is 5.75 Å². The van der Waals surface area contributed by atoms with Crippen LogP contribution in [0.4, 0.5) is 14.9 Å². The molecule has 1 heterocycles. The average molecular weight is 336 g/mol. The first kappa shape index (κ1) is 16.5. The van der Waals surface area contributed by atoms with Gasteiger partial charge in [-0.3, -0.25) is 4.79 Å². The molecule has 2 fully saturated rings. The lowest BCUT2D eigenvalue weighted by Crippen LogP contribution is -2.44. The SMILES string of the molecule is O=C(O)C1CCCN(C(=O)Nc2ccc(F)cc2OCC2CC2)C1. The second-order valence-electron chi connectivity index (χ2n) is 6.45. The van der Waals surface area contributed by atoms with Gasteiger partial charge in [0, 0.05) is 19.2 Å². The first-order valence-electron chi connectivity index (χ1n) is 8.24. The number of halogens is 1. The van der Waals surface area contributed by atoms with Crippen LogP contribution >= 0.6 is 0 Å². The largest absolute Gasteiger partial charge is 0.491 e. The Labute approximate surface area is 139 Å². The number of urea groups is 1. The molecule has 1 aromatic rings. The van der Waals surface area contributed by atoms with Gasteiger partial charge in [-0.05, 0) is 43.7 Å². The molecule has 6 nitrogen and oxygen atoms in total. The molecule has 2 amide bonds. The highest BCUT2D eigenvalue weighted by Gasteiger charge is 2.28. The molecular formula is C17H21FN2O4. The van der Waals surface area contributed by atoms with E-state index >= 15 is 0 Å². The maximum atomic E-state index is 13.5. The molecule has 1 saturated carbocycles. The number of amides is 2. The van der Waals surface area contributed by atoms with Crippen molar-refractivity contribution < 1.29 is 23.8 Å². The minimum atomic E-state index is -0.886. The van der Waals surface area contributed by atoms with Crippen molar-refractivity contribution in [1.82, 2.24) is 4.90 Å².